The lowest BCUT2D eigenvalue weighted by Gasteiger charge is -2.38. The molecule has 0 saturated carbocycles. The summed E-state index contributed by atoms with van der Waals surface area (Å²) >= 11 is 0. The van der Waals surface area contributed by atoms with Crippen LogP contribution in [0.15, 0.2) is 72.8 Å². The molecule has 0 aromatic heterocycles. The average Bonchev–Trinajstić information content (AvgIpc) is 3.00. The highest BCUT2D eigenvalue weighted by Crippen LogP contribution is 2.38. The van der Waals surface area contributed by atoms with Crippen LogP contribution in [0.1, 0.15) is 79.3 Å². The first-order valence-corrected chi connectivity index (χ1v) is 15.0. The molecule has 0 unspecified atom stereocenters. The molecule has 4 atom stereocenters. The van der Waals surface area contributed by atoms with E-state index in [9.17, 15) is 24.9 Å². The Hall–Kier alpha value is -3.80. The van der Waals surface area contributed by atoms with E-state index in [-0.39, 0.29) is 36.9 Å². The summed E-state index contributed by atoms with van der Waals surface area (Å²) in [6.07, 6.45) is 0.757. The van der Waals surface area contributed by atoms with Gasteiger partial charge in [-0.1, -0.05) is 55.0 Å². The molecule has 1 heterocycles. The van der Waals surface area contributed by atoms with Crippen LogP contribution < -0.4 is 5.32 Å². The molecule has 4 rings (SSSR count). The predicted molar refractivity (Wildman–Crippen MR) is 165 cm³/mol. The zero-order chi connectivity index (χ0) is 31.5. The number of unbranched alkanes of at least 4 members (excludes halogenated alkanes) is 2. The number of phenols is 1. The summed E-state index contributed by atoms with van der Waals surface area (Å²) < 4.78 is 12.9. The fourth-order valence-electron chi connectivity index (χ4n) is 5.31. The third-order valence-electron chi connectivity index (χ3n) is 7.61. The molecule has 1 aliphatic rings. The van der Waals surface area contributed by atoms with Crippen LogP contribution in [-0.2, 0) is 25.7 Å². The standard InChI is InChI=1S/C34H42N2O8/c1-36(21-30(39)25-7-6-10-28(38)18-25)20-29-19-31(24-15-13-23(22-37)14-16-24)44-34(43-29)26-8-5-9-27(17-26)35-32(40)11-3-2-4-12-33(41)42/h5-10,13-18,29-31,34,37-39H,2-4,11-12,19-22H2,1H3,(H,35,40)(H,41,42)/t29-,30-,31+,34+/m1/s1. The van der Waals surface area contributed by atoms with Crippen LogP contribution >= 0.6 is 0 Å². The molecule has 10 nitrogen and oxygen atoms in total. The first-order chi connectivity index (χ1) is 21.2. The van der Waals surface area contributed by atoms with Crippen molar-refractivity contribution in [1.82, 2.24) is 4.90 Å². The number of carbonyl (C=O) groups excluding carboxylic acids is 1. The molecule has 236 valence electrons. The molecule has 0 bridgehead atoms. The summed E-state index contributed by atoms with van der Waals surface area (Å²) in [7, 11) is 1.91. The van der Waals surface area contributed by atoms with E-state index in [1.165, 1.54) is 0 Å². The van der Waals surface area contributed by atoms with E-state index in [1.807, 2.05) is 54.4 Å². The summed E-state index contributed by atoms with van der Waals surface area (Å²) in [5.41, 5.74) is 3.75. The van der Waals surface area contributed by atoms with Gasteiger partial charge in [0, 0.05) is 43.6 Å². The number of phenolic OH excluding ortho intramolecular Hbond substituents is 1. The van der Waals surface area contributed by atoms with Gasteiger partial charge in [0.15, 0.2) is 6.29 Å². The fraction of sp³-hybridized carbons (Fsp3) is 0.412. The molecule has 1 aliphatic heterocycles. The fourth-order valence-corrected chi connectivity index (χ4v) is 5.31. The number of benzene rings is 3. The van der Waals surface area contributed by atoms with Gasteiger partial charge in [-0.2, -0.15) is 0 Å². The number of nitrogens with one attached hydrogen (secondary N) is 1. The number of nitrogens with zero attached hydrogens (tertiary/aromatic N) is 1. The largest absolute Gasteiger partial charge is 0.508 e. The van der Waals surface area contributed by atoms with Crippen LogP contribution in [-0.4, -0.2) is 63.4 Å². The van der Waals surface area contributed by atoms with E-state index < -0.39 is 18.4 Å². The number of hydrogen-bond donors (Lipinski definition) is 5. The van der Waals surface area contributed by atoms with Gasteiger partial charge in [0.1, 0.15) is 5.75 Å². The van der Waals surface area contributed by atoms with Gasteiger partial charge in [-0.3, -0.25) is 9.59 Å². The van der Waals surface area contributed by atoms with Gasteiger partial charge in [0.25, 0.3) is 0 Å². The molecule has 0 spiro atoms. The second-order valence-corrected chi connectivity index (χ2v) is 11.3. The number of aliphatic hydroxyl groups excluding tert-OH is 2. The number of anilines is 1. The highest BCUT2D eigenvalue weighted by Gasteiger charge is 2.33. The number of hydrogen-bond acceptors (Lipinski definition) is 8. The van der Waals surface area contributed by atoms with Crippen molar-refractivity contribution in [2.45, 2.75) is 69.7 Å². The lowest BCUT2D eigenvalue weighted by Crippen LogP contribution is -2.39. The van der Waals surface area contributed by atoms with Crippen molar-refractivity contribution in [2.75, 3.05) is 25.5 Å². The van der Waals surface area contributed by atoms with Crippen LogP contribution in [0.3, 0.4) is 0 Å². The van der Waals surface area contributed by atoms with Gasteiger partial charge >= 0.3 is 5.97 Å². The molecule has 3 aromatic rings. The van der Waals surface area contributed by atoms with Crippen LogP contribution in [0.2, 0.25) is 0 Å². The highest BCUT2D eigenvalue weighted by molar-refractivity contribution is 5.90. The number of amides is 1. The first kappa shape index (κ1) is 33.1. The Morgan fingerprint density at radius 3 is 2.43 bits per heavy atom. The second-order valence-electron chi connectivity index (χ2n) is 11.3. The Morgan fingerprint density at radius 1 is 0.955 bits per heavy atom. The third kappa shape index (κ3) is 10.1. The third-order valence-corrected chi connectivity index (χ3v) is 7.61. The van der Waals surface area contributed by atoms with Crippen molar-refractivity contribution >= 4 is 17.6 Å². The van der Waals surface area contributed by atoms with Crippen molar-refractivity contribution in [3.8, 4) is 5.75 Å². The Bertz CT molecular complexity index is 1370. The summed E-state index contributed by atoms with van der Waals surface area (Å²) in [6.45, 7) is 0.801. The van der Waals surface area contributed by atoms with Gasteiger partial charge in [-0.25, -0.2) is 0 Å². The van der Waals surface area contributed by atoms with Gasteiger partial charge < -0.3 is 40.1 Å². The van der Waals surface area contributed by atoms with Gasteiger partial charge in [-0.15, -0.1) is 0 Å². The maximum Gasteiger partial charge on any atom is 0.303 e. The van der Waals surface area contributed by atoms with E-state index in [4.69, 9.17) is 14.6 Å². The topological polar surface area (TPSA) is 149 Å². The predicted octanol–water partition coefficient (Wildman–Crippen LogP) is 5.07. The Kier molecular flexibility index (Phi) is 12.3. The zero-order valence-corrected chi connectivity index (χ0v) is 25.0. The zero-order valence-electron chi connectivity index (χ0n) is 25.0. The second kappa shape index (κ2) is 16.3. The summed E-state index contributed by atoms with van der Waals surface area (Å²) in [4.78, 5) is 25.2. The molecule has 1 saturated heterocycles. The lowest BCUT2D eigenvalue weighted by molar-refractivity contribution is -0.252. The van der Waals surface area contributed by atoms with E-state index in [0.717, 1.165) is 16.7 Å². The summed E-state index contributed by atoms with van der Waals surface area (Å²) in [5, 5.41) is 41.7. The van der Waals surface area contributed by atoms with Crippen LogP contribution in [0.5, 0.6) is 5.75 Å². The number of aliphatic carboxylic acids is 1. The molecule has 5 N–H and O–H groups in total. The molecular weight excluding hydrogens is 564 g/mol. The number of carbonyl (C=O) groups is 2. The number of ether oxygens (including phenoxy) is 2. The molecule has 44 heavy (non-hydrogen) atoms. The van der Waals surface area contributed by atoms with Crippen LogP contribution in [0.4, 0.5) is 5.69 Å². The number of rotatable bonds is 15. The average molecular weight is 607 g/mol. The number of aromatic hydroxyl groups is 1. The maximum atomic E-state index is 12.5. The molecule has 0 radical (unpaired) electrons. The molecule has 1 amide bonds. The normalized spacial score (nSPS) is 19.0. The van der Waals surface area contributed by atoms with Crippen molar-refractivity contribution in [3.05, 3.63) is 95.1 Å². The highest BCUT2D eigenvalue weighted by atomic mass is 16.7. The summed E-state index contributed by atoms with van der Waals surface area (Å²) in [5.74, 6) is -0.874. The minimum atomic E-state index is -0.831. The minimum Gasteiger partial charge on any atom is -0.508 e. The maximum absolute atomic E-state index is 12.5. The first-order valence-electron chi connectivity index (χ1n) is 15.0. The van der Waals surface area contributed by atoms with Crippen molar-refractivity contribution in [2.24, 2.45) is 0 Å². The number of carboxylic acid groups (broad SMARTS) is 1. The van der Waals surface area contributed by atoms with E-state index >= 15 is 0 Å². The monoisotopic (exact) mass is 606 g/mol. The number of carboxylic acids is 1. The molecule has 3 aromatic carbocycles. The Balaban J connectivity index is 1.43. The molecule has 0 aliphatic carbocycles. The smallest absolute Gasteiger partial charge is 0.303 e. The minimum absolute atomic E-state index is 0.0483. The Morgan fingerprint density at radius 2 is 1.70 bits per heavy atom. The van der Waals surface area contributed by atoms with Crippen LogP contribution in [0.25, 0.3) is 0 Å². The van der Waals surface area contributed by atoms with E-state index in [2.05, 4.69) is 5.32 Å². The van der Waals surface area contributed by atoms with E-state index in [0.29, 0.717) is 56.4 Å². The van der Waals surface area contributed by atoms with Crippen molar-refractivity contribution in [1.29, 1.82) is 0 Å². The number of likely N-dealkylation sites (N-methyl/N-ethyl adjacent to an activating group) is 1. The van der Waals surface area contributed by atoms with E-state index in [1.54, 1.807) is 30.3 Å². The quantitative estimate of drug-likeness (QED) is 0.150. The molecule has 10 heteroatoms. The summed E-state index contributed by atoms with van der Waals surface area (Å²) in [6, 6.07) is 21.6. The van der Waals surface area contributed by atoms with Gasteiger partial charge in [0.05, 0.1) is 24.9 Å². The van der Waals surface area contributed by atoms with Crippen molar-refractivity contribution < 1.29 is 39.5 Å². The van der Waals surface area contributed by atoms with Crippen LogP contribution in [0, 0.1) is 0 Å². The Labute approximate surface area is 257 Å². The van der Waals surface area contributed by atoms with Gasteiger partial charge in [-0.05, 0) is 60.8 Å². The molecule has 1 fully saturated rings. The SMILES string of the molecule is CN(C[C@H]1C[C@@H](c2ccc(CO)cc2)O[C@@H](c2cccc(NC(=O)CCCCCC(=O)O)c2)O1)C[C@@H](O)c1cccc(O)c1. The number of aliphatic hydroxyl groups is 2. The molecular formula is C34H42N2O8. The lowest BCUT2D eigenvalue weighted by atomic mass is 9.99. The van der Waals surface area contributed by atoms with Gasteiger partial charge in [0.2, 0.25) is 5.91 Å². The van der Waals surface area contributed by atoms with Crippen molar-refractivity contribution in [3.63, 3.8) is 0 Å².